The average Bonchev–Trinajstić information content (AvgIpc) is 3.14. The Kier molecular flexibility index (Phi) is 5.82. The standard InChI is InChI=1S/C16H18ClN5OS2/c1-2-3-8-19-12(23)9-24-16-21-20-15(22(16)18)14-13(17)10-6-4-5-7-11(10)25-14/h4-7H,2-3,8-9,18H2,1H3,(H,19,23). The number of carbonyl (C=O) groups is 1. The number of thiophene rings is 1. The van der Waals surface area contributed by atoms with Crippen LogP contribution in [-0.2, 0) is 4.79 Å². The van der Waals surface area contributed by atoms with Gasteiger partial charge in [0.1, 0.15) is 0 Å². The molecule has 0 aliphatic carbocycles. The number of hydrogen-bond acceptors (Lipinski definition) is 6. The van der Waals surface area contributed by atoms with E-state index < -0.39 is 0 Å². The Morgan fingerprint density at radius 3 is 2.96 bits per heavy atom. The van der Waals surface area contributed by atoms with Crippen molar-refractivity contribution in [3.8, 4) is 10.7 Å². The zero-order chi connectivity index (χ0) is 17.8. The summed E-state index contributed by atoms with van der Waals surface area (Å²) in [5.74, 6) is 6.83. The van der Waals surface area contributed by atoms with Gasteiger partial charge in [-0.25, -0.2) is 4.68 Å². The Morgan fingerprint density at radius 1 is 1.40 bits per heavy atom. The van der Waals surface area contributed by atoms with E-state index in [0.717, 1.165) is 27.8 Å². The number of aromatic nitrogens is 3. The van der Waals surface area contributed by atoms with Crippen LogP contribution in [0.15, 0.2) is 29.4 Å². The van der Waals surface area contributed by atoms with Gasteiger partial charge in [-0.1, -0.05) is 54.9 Å². The van der Waals surface area contributed by atoms with E-state index in [1.807, 2.05) is 24.3 Å². The van der Waals surface area contributed by atoms with E-state index in [1.54, 1.807) is 0 Å². The van der Waals surface area contributed by atoms with Gasteiger partial charge in [0.2, 0.25) is 11.1 Å². The summed E-state index contributed by atoms with van der Waals surface area (Å²) >= 11 is 9.25. The highest BCUT2D eigenvalue weighted by molar-refractivity contribution is 7.99. The predicted molar refractivity (Wildman–Crippen MR) is 105 cm³/mol. The van der Waals surface area contributed by atoms with Crippen LogP contribution >= 0.6 is 34.7 Å². The predicted octanol–water partition coefficient (Wildman–Crippen LogP) is 3.54. The topological polar surface area (TPSA) is 85.8 Å². The molecule has 0 radical (unpaired) electrons. The van der Waals surface area contributed by atoms with Gasteiger partial charge in [0.25, 0.3) is 0 Å². The average molecular weight is 396 g/mol. The molecule has 0 unspecified atom stereocenters. The normalized spacial score (nSPS) is 11.1. The monoisotopic (exact) mass is 395 g/mol. The fraction of sp³-hybridized carbons (Fsp3) is 0.312. The molecule has 0 saturated heterocycles. The molecule has 0 fully saturated rings. The number of thioether (sulfide) groups is 1. The van der Waals surface area contributed by atoms with Crippen molar-refractivity contribution in [1.29, 1.82) is 0 Å². The second-order valence-corrected chi connectivity index (χ2v) is 7.78. The Hall–Kier alpha value is -1.77. The van der Waals surface area contributed by atoms with Crippen LogP contribution in [0, 0.1) is 0 Å². The third-order valence-electron chi connectivity index (χ3n) is 3.59. The maximum atomic E-state index is 11.8. The molecule has 25 heavy (non-hydrogen) atoms. The lowest BCUT2D eigenvalue weighted by Gasteiger charge is -2.04. The summed E-state index contributed by atoms with van der Waals surface area (Å²) in [6.07, 6.45) is 2.02. The molecule has 3 rings (SSSR count). The van der Waals surface area contributed by atoms with Crippen LogP contribution in [0.1, 0.15) is 19.8 Å². The number of rotatable bonds is 7. The van der Waals surface area contributed by atoms with Gasteiger partial charge in [0.15, 0.2) is 5.82 Å². The second-order valence-electron chi connectivity index (χ2n) is 5.41. The lowest BCUT2D eigenvalue weighted by Crippen LogP contribution is -2.26. The first-order chi connectivity index (χ1) is 12.1. The highest BCUT2D eigenvalue weighted by Crippen LogP contribution is 2.41. The van der Waals surface area contributed by atoms with Crippen molar-refractivity contribution in [3.05, 3.63) is 29.3 Å². The second kappa shape index (κ2) is 8.07. The van der Waals surface area contributed by atoms with Gasteiger partial charge in [0, 0.05) is 16.6 Å². The van der Waals surface area contributed by atoms with Gasteiger partial charge in [0.05, 0.1) is 15.7 Å². The molecule has 6 nitrogen and oxygen atoms in total. The number of fused-ring (bicyclic) bond motifs is 1. The first-order valence-electron chi connectivity index (χ1n) is 7.89. The fourth-order valence-corrected chi connectivity index (χ4v) is 4.46. The first kappa shape index (κ1) is 18.0. The SMILES string of the molecule is CCCCNC(=O)CSc1nnc(-c2sc3ccccc3c2Cl)n1N. The van der Waals surface area contributed by atoms with Crippen LogP contribution in [-0.4, -0.2) is 33.1 Å². The molecular weight excluding hydrogens is 378 g/mol. The number of nitrogens with zero attached hydrogens (tertiary/aromatic N) is 3. The Bertz CT molecular complexity index is 892. The number of amides is 1. The van der Waals surface area contributed by atoms with Gasteiger partial charge >= 0.3 is 0 Å². The summed E-state index contributed by atoms with van der Waals surface area (Å²) in [6.45, 7) is 2.77. The summed E-state index contributed by atoms with van der Waals surface area (Å²) in [7, 11) is 0. The third-order valence-corrected chi connectivity index (χ3v) is 6.20. The van der Waals surface area contributed by atoms with Gasteiger partial charge in [-0.15, -0.1) is 21.5 Å². The summed E-state index contributed by atoms with van der Waals surface area (Å²) in [6, 6.07) is 7.87. The molecule has 0 aliphatic heterocycles. The van der Waals surface area contributed by atoms with E-state index in [9.17, 15) is 4.79 Å². The van der Waals surface area contributed by atoms with Crippen LogP contribution < -0.4 is 11.2 Å². The van der Waals surface area contributed by atoms with Crippen LogP contribution in [0.3, 0.4) is 0 Å². The summed E-state index contributed by atoms with van der Waals surface area (Å²) in [5, 5.41) is 13.2. The van der Waals surface area contributed by atoms with Crippen LogP contribution in [0.5, 0.6) is 0 Å². The lowest BCUT2D eigenvalue weighted by molar-refractivity contribution is -0.118. The summed E-state index contributed by atoms with van der Waals surface area (Å²) in [4.78, 5) is 12.6. The Morgan fingerprint density at radius 2 is 2.20 bits per heavy atom. The van der Waals surface area contributed by atoms with Crippen molar-refractivity contribution in [1.82, 2.24) is 20.2 Å². The minimum atomic E-state index is -0.0390. The van der Waals surface area contributed by atoms with Crippen molar-refractivity contribution in [2.24, 2.45) is 0 Å². The number of hydrogen-bond donors (Lipinski definition) is 2. The maximum Gasteiger partial charge on any atom is 0.230 e. The van der Waals surface area contributed by atoms with Crippen LogP contribution in [0.2, 0.25) is 5.02 Å². The molecule has 132 valence electrons. The minimum Gasteiger partial charge on any atom is -0.355 e. The number of nitrogens with one attached hydrogen (secondary N) is 1. The molecule has 2 aromatic heterocycles. The maximum absolute atomic E-state index is 11.8. The largest absolute Gasteiger partial charge is 0.355 e. The number of unbranched alkanes of at least 4 members (excludes halogenated alkanes) is 1. The van der Waals surface area contributed by atoms with E-state index in [1.165, 1.54) is 27.8 Å². The molecule has 0 bridgehead atoms. The molecular formula is C16H18ClN5OS2. The van der Waals surface area contributed by atoms with Gasteiger partial charge in [-0.05, 0) is 12.5 Å². The van der Waals surface area contributed by atoms with Gasteiger partial charge in [-0.3, -0.25) is 4.79 Å². The van der Waals surface area contributed by atoms with Crippen molar-refractivity contribution >= 4 is 50.7 Å². The lowest BCUT2D eigenvalue weighted by atomic mass is 10.2. The summed E-state index contributed by atoms with van der Waals surface area (Å²) < 4.78 is 2.45. The highest BCUT2D eigenvalue weighted by atomic mass is 35.5. The molecule has 0 aliphatic rings. The molecule has 3 N–H and O–H groups in total. The number of halogens is 1. The summed E-state index contributed by atoms with van der Waals surface area (Å²) in [5.41, 5.74) is 0. The highest BCUT2D eigenvalue weighted by Gasteiger charge is 2.19. The Balaban J connectivity index is 1.74. The van der Waals surface area contributed by atoms with E-state index in [2.05, 4.69) is 22.4 Å². The molecule has 9 heteroatoms. The van der Waals surface area contributed by atoms with Gasteiger partial charge in [-0.2, -0.15) is 0 Å². The fourth-order valence-electron chi connectivity index (χ4n) is 2.27. The van der Waals surface area contributed by atoms with Crippen molar-refractivity contribution < 1.29 is 4.79 Å². The first-order valence-corrected chi connectivity index (χ1v) is 10.1. The van der Waals surface area contributed by atoms with E-state index in [-0.39, 0.29) is 11.7 Å². The number of benzene rings is 1. The van der Waals surface area contributed by atoms with E-state index >= 15 is 0 Å². The molecule has 0 saturated carbocycles. The quantitative estimate of drug-likeness (QED) is 0.363. The third kappa shape index (κ3) is 3.91. The minimum absolute atomic E-state index is 0.0390. The molecule has 2 heterocycles. The van der Waals surface area contributed by atoms with E-state index in [0.29, 0.717) is 22.5 Å². The number of nitrogens with two attached hydrogens (primary N) is 1. The molecule has 1 aromatic carbocycles. The van der Waals surface area contributed by atoms with Crippen molar-refractivity contribution in [3.63, 3.8) is 0 Å². The van der Waals surface area contributed by atoms with Gasteiger partial charge < -0.3 is 11.2 Å². The van der Waals surface area contributed by atoms with Crippen molar-refractivity contribution in [2.75, 3.05) is 18.1 Å². The Labute approximate surface area is 158 Å². The number of carbonyl (C=O) groups excluding carboxylic acids is 1. The van der Waals surface area contributed by atoms with Crippen LogP contribution in [0.4, 0.5) is 0 Å². The van der Waals surface area contributed by atoms with Crippen LogP contribution in [0.25, 0.3) is 20.8 Å². The number of nitrogen functional groups attached to an aromatic ring is 1. The van der Waals surface area contributed by atoms with E-state index in [4.69, 9.17) is 17.4 Å². The zero-order valence-electron chi connectivity index (χ0n) is 13.7. The molecule has 0 atom stereocenters. The molecule has 0 spiro atoms. The smallest absolute Gasteiger partial charge is 0.230 e. The molecule has 1 amide bonds. The molecule has 3 aromatic rings. The zero-order valence-corrected chi connectivity index (χ0v) is 16.0. The van der Waals surface area contributed by atoms with Crippen molar-refractivity contribution in [2.45, 2.75) is 24.9 Å².